The lowest BCUT2D eigenvalue weighted by Gasteiger charge is -2.12. The van der Waals surface area contributed by atoms with E-state index in [1.807, 2.05) is 18.2 Å². The van der Waals surface area contributed by atoms with Gasteiger partial charge >= 0.3 is 0 Å². The van der Waals surface area contributed by atoms with Crippen molar-refractivity contribution < 1.29 is 4.74 Å². The average molecular weight is 363 g/mol. The first-order chi connectivity index (χ1) is 12.7. The van der Waals surface area contributed by atoms with Gasteiger partial charge in [-0.15, -0.1) is 0 Å². The van der Waals surface area contributed by atoms with Crippen LogP contribution in [-0.2, 0) is 20.0 Å². The van der Waals surface area contributed by atoms with Crippen molar-refractivity contribution in [3.05, 3.63) is 72.4 Å². The van der Waals surface area contributed by atoms with Gasteiger partial charge in [0.2, 0.25) is 0 Å². The van der Waals surface area contributed by atoms with E-state index >= 15 is 0 Å². The molecule has 0 unspecified atom stereocenters. The normalized spacial score (nSPS) is 11.0. The molecule has 4 nitrogen and oxygen atoms in total. The third kappa shape index (κ3) is 3.30. The summed E-state index contributed by atoms with van der Waals surface area (Å²) < 4.78 is 9.65. The number of ether oxygens (including phenoxy) is 1. The van der Waals surface area contributed by atoms with Gasteiger partial charge in [0, 0.05) is 19.8 Å². The Morgan fingerprint density at radius 1 is 1.00 bits per heavy atom. The minimum absolute atomic E-state index is 0.880. The highest BCUT2D eigenvalue weighted by Gasteiger charge is 2.10. The van der Waals surface area contributed by atoms with Crippen molar-refractivity contribution in [2.24, 2.45) is 7.05 Å². The van der Waals surface area contributed by atoms with Gasteiger partial charge in [-0.05, 0) is 48.4 Å². The molecule has 0 N–H and O–H groups in total. The fraction of sp³-hybridized carbons (Fsp3) is 0.190. The molecule has 26 heavy (non-hydrogen) atoms. The van der Waals surface area contributed by atoms with E-state index in [4.69, 9.17) is 9.72 Å². The predicted molar refractivity (Wildman–Crippen MR) is 108 cm³/mol. The number of aryl methyl sites for hydroxylation is 3. The number of fused-ring (bicyclic) bond motifs is 2. The first-order valence-corrected chi connectivity index (χ1v) is 9.40. The van der Waals surface area contributed by atoms with Gasteiger partial charge in [-0.1, -0.05) is 35.8 Å². The molecule has 2 aromatic carbocycles. The van der Waals surface area contributed by atoms with Crippen LogP contribution >= 0.6 is 11.5 Å². The molecule has 2 aliphatic rings. The molecule has 0 atom stereocenters. The number of benzene rings is 2. The Morgan fingerprint density at radius 3 is 2.62 bits per heavy atom. The van der Waals surface area contributed by atoms with Gasteiger partial charge < -0.3 is 9.30 Å². The Labute approximate surface area is 157 Å². The van der Waals surface area contributed by atoms with Crippen molar-refractivity contribution in [1.29, 1.82) is 0 Å². The van der Waals surface area contributed by atoms with Gasteiger partial charge in [-0.3, -0.25) is 3.96 Å². The molecule has 0 fully saturated rings. The number of hydrogen-bond donors (Lipinski definition) is 0. The van der Waals surface area contributed by atoms with Crippen molar-refractivity contribution in [3.8, 4) is 16.5 Å². The molecular weight excluding hydrogens is 342 g/mol. The lowest BCUT2D eigenvalue weighted by molar-refractivity contribution is 0.414. The Hall–Kier alpha value is -2.79. The second kappa shape index (κ2) is 7.22. The van der Waals surface area contributed by atoms with Crippen LogP contribution in [0.25, 0.3) is 21.7 Å². The number of aromatic nitrogens is 3. The minimum atomic E-state index is 0.880. The second-order valence-electron chi connectivity index (χ2n) is 6.18. The molecule has 0 amide bonds. The van der Waals surface area contributed by atoms with E-state index in [2.05, 4.69) is 64.2 Å². The van der Waals surface area contributed by atoms with Crippen LogP contribution in [0, 0.1) is 0 Å². The summed E-state index contributed by atoms with van der Waals surface area (Å²) in [5.74, 6) is 1.91. The second-order valence-corrected chi connectivity index (χ2v) is 7.35. The maximum atomic E-state index is 5.24. The number of pyridine rings is 1. The van der Waals surface area contributed by atoms with Crippen LogP contribution in [0.4, 0.5) is 0 Å². The zero-order chi connectivity index (χ0) is 17.9. The molecule has 5 heteroatoms. The number of para-hydroxylation sites is 2. The predicted octanol–water partition coefficient (Wildman–Crippen LogP) is 4.92. The lowest BCUT2D eigenvalue weighted by Crippen LogP contribution is -2.06. The van der Waals surface area contributed by atoms with Crippen LogP contribution in [0.15, 0.2) is 66.9 Å². The van der Waals surface area contributed by atoms with E-state index in [9.17, 15) is 0 Å². The van der Waals surface area contributed by atoms with E-state index < -0.39 is 0 Å². The van der Waals surface area contributed by atoms with Crippen molar-refractivity contribution in [3.63, 3.8) is 0 Å². The third-order valence-corrected chi connectivity index (χ3v) is 5.48. The maximum Gasteiger partial charge on any atom is 0.152 e. The van der Waals surface area contributed by atoms with Crippen LogP contribution in [-0.4, -0.2) is 20.6 Å². The van der Waals surface area contributed by atoms with Gasteiger partial charge in [0.25, 0.3) is 0 Å². The van der Waals surface area contributed by atoms with E-state index in [-0.39, 0.29) is 0 Å². The summed E-state index contributed by atoms with van der Waals surface area (Å²) in [7, 11) is 3.78. The summed E-state index contributed by atoms with van der Waals surface area (Å²) in [5, 5.41) is 0. The maximum absolute atomic E-state index is 5.24. The number of hydrogen-bond acceptors (Lipinski definition) is 3. The summed E-state index contributed by atoms with van der Waals surface area (Å²) in [6, 6.07) is 20.8. The van der Waals surface area contributed by atoms with Crippen LogP contribution in [0.3, 0.4) is 0 Å². The summed E-state index contributed by atoms with van der Waals surface area (Å²) in [5.41, 5.74) is 3.43. The van der Waals surface area contributed by atoms with Gasteiger partial charge in [-0.25, -0.2) is 4.98 Å². The molecule has 0 radical (unpaired) electrons. The monoisotopic (exact) mass is 363 g/mol. The van der Waals surface area contributed by atoms with Crippen LogP contribution in [0.5, 0.6) is 5.75 Å². The smallest absolute Gasteiger partial charge is 0.152 e. The van der Waals surface area contributed by atoms with Gasteiger partial charge in [0.1, 0.15) is 5.75 Å². The SMILES string of the molecule is COc1ccc(CCn2cccc3sn(C)c4ccccc4nc2-3)cc1. The zero-order valence-electron chi connectivity index (χ0n) is 14.9. The third-order valence-electron chi connectivity index (χ3n) is 4.49. The van der Waals surface area contributed by atoms with Crippen molar-refractivity contribution in [2.75, 3.05) is 7.11 Å². The molecule has 0 spiro atoms. The topological polar surface area (TPSA) is 32.0 Å². The Kier molecular flexibility index (Phi) is 4.63. The Morgan fingerprint density at radius 2 is 1.81 bits per heavy atom. The van der Waals surface area contributed by atoms with Crippen molar-refractivity contribution in [2.45, 2.75) is 13.0 Å². The standard InChI is InChI=1S/C21H21N3OS/c1-23-19-7-4-3-6-18(19)22-21-20(26-23)8-5-14-24(21)15-13-16-9-11-17(25-2)12-10-16/h3-12,14H,13,15H2,1-2H3. The molecular formula is C21H21N3OS. The summed E-state index contributed by atoms with van der Waals surface area (Å²) in [6.07, 6.45) is 3.06. The average Bonchev–Trinajstić information content (AvgIpc) is 2.83. The van der Waals surface area contributed by atoms with E-state index in [0.717, 1.165) is 35.6 Å². The number of nitrogens with zero attached hydrogens (tertiary/aromatic N) is 3. The van der Waals surface area contributed by atoms with Gasteiger partial charge in [-0.2, -0.15) is 0 Å². The van der Waals surface area contributed by atoms with Crippen LogP contribution in [0.1, 0.15) is 5.56 Å². The molecule has 0 saturated carbocycles. The quantitative estimate of drug-likeness (QED) is 0.516. The lowest BCUT2D eigenvalue weighted by atomic mass is 10.1. The first kappa shape index (κ1) is 16.7. The highest BCUT2D eigenvalue weighted by Crippen LogP contribution is 2.26. The van der Waals surface area contributed by atoms with E-state index in [0.29, 0.717) is 0 Å². The molecule has 0 aliphatic carbocycles. The molecule has 2 aliphatic heterocycles. The van der Waals surface area contributed by atoms with Gasteiger partial charge in [0.15, 0.2) is 5.82 Å². The minimum Gasteiger partial charge on any atom is -0.497 e. The molecule has 2 heterocycles. The van der Waals surface area contributed by atoms with Crippen molar-refractivity contribution >= 4 is 22.6 Å². The first-order valence-electron chi connectivity index (χ1n) is 8.62. The molecule has 4 rings (SSSR count). The number of rotatable bonds is 4. The van der Waals surface area contributed by atoms with E-state index in [1.165, 1.54) is 10.4 Å². The summed E-state index contributed by atoms with van der Waals surface area (Å²) in [6.45, 7) is 0.880. The zero-order valence-corrected chi connectivity index (χ0v) is 15.7. The van der Waals surface area contributed by atoms with Crippen LogP contribution < -0.4 is 4.74 Å². The van der Waals surface area contributed by atoms with Crippen LogP contribution in [0.2, 0.25) is 0 Å². The fourth-order valence-electron chi connectivity index (χ4n) is 3.07. The van der Waals surface area contributed by atoms with E-state index in [1.54, 1.807) is 18.6 Å². The molecule has 0 saturated heterocycles. The molecule has 0 bridgehead atoms. The summed E-state index contributed by atoms with van der Waals surface area (Å²) in [4.78, 5) is 6.14. The highest BCUT2D eigenvalue weighted by molar-refractivity contribution is 7.10. The molecule has 0 aromatic heterocycles. The molecule has 132 valence electrons. The molecule has 2 aromatic rings. The summed E-state index contributed by atoms with van der Waals surface area (Å²) >= 11 is 1.72. The Bertz CT molecular complexity index is 1040. The van der Waals surface area contributed by atoms with Crippen molar-refractivity contribution in [1.82, 2.24) is 13.5 Å². The highest BCUT2D eigenvalue weighted by atomic mass is 32.1. The largest absolute Gasteiger partial charge is 0.497 e. The van der Waals surface area contributed by atoms with Gasteiger partial charge in [0.05, 0.1) is 23.0 Å². The number of methoxy groups -OCH3 is 1. The fourth-order valence-corrected chi connectivity index (χ4v) is 4.00. The Balaban J connectivity index is 1.72.